The number of rotatable bonds is 2. The SMILES string of the molecule is O=c1cc[nH]nc1C(F)c1ccc2ncccc2c1. The molecule has 1 atom stereocenters. The average molecular weight is 255 g/mol. The summed E-state index contributed by atoms with van der Waals surface area (Å²) < 4.78 is 14.4. The smallest absolute Gasteiger partial charge is 0.206 e. The van der Waals surface area contributed by atoms with Crippen molar-refractivity contribution in [2.24, 2.45) is 0 Å². The van der Waals surface area contributed by atoms with Gasteiger partial charge >= 0.3 is 0 Å². The van der Waals surface area contributed by atoms with Crippen molar-refractivity contribution in [1.29, 1.82) is 0 Å². The van der Waals surface area contributed by atoms with Crippen molar-refractivity contribution in [3.8, 4) is 0 Å². The number of aromatic nitrogens is 3. The molecule has 1 N–H and O–H groups in total. The molecule has 1 unspecified atom stereocenters. The lowest BCUT2D eigenvalue weighted by Crippen LogP contribution is -2.14. The summed E-state index contributed by atoms with van der Waals surface area (Å²) in [7, 11) is 0. The first-order valence-electron chi connectivity index (χ1n) is 5.78. The summed E-state index contributed by atoms with van der Waals surface area (Å²) >= 11 is 0. The summed E-state index contributed by atoms with van der Waals surface area (Å²) in [6.45, 7) is 0. The fourth-order valence-electron chi connectivity index (χ4n) is 1.95. The molecule has 94 valence electrons. The molecule has 0 bridgehead atoms. The Balaban J connectivity index is 2.09. The predicted octanol–water partition coefficient (Wildman–Crippen LogP) is 2.38. The number of hydrogen-bond donors (Lipinski definition) is 1. The van der Waals surface area contributed by atoms with Gasteiger partial charge in [0.1, 0.15) is 5.69 Å². The number of H-pyrrole nitrogens is 1. The van der Waals surface area contributed by atoms with Crippen molar-refractivity contribution in [1.82, 2.24) is 15.2 Å². The molecule has 0 saturated carbocycles. The van der Waals surface area contributed by atoms with Crippen LogP contribution in [0.3, 0.4) is 0 Å². The molecule has 1 aromatic carbocycles. The number of benzene rings is 1. The standard InChI is InChI=1S/C14H10FN3O/c15-13(14-12(19)5-7-17-18-14)10-3-4-11-9(8-10)2-1-6-16-11/h1-8,13H,(H,17,19). The molecule has 0 fully saturated rings. The van der Waals surface area contributed by atoms with Gasteiger partial charge in [-0.15, -0.1) is 0 Å². The molecule has 2 heterocycles. The van der Waals surface area contributed by atoms with E-state index in [2.05, 4.69) is 15.2 Å². The Hall–Kier alpha value is -2.56. The molecular weight excluding hydrogens is 245 g/mol. The van der Waals surface area contributed by atoms with Crippen molar-refractivity contribution < 1.29 is 4.39 Å². The normalized spacial score (nSPS) is 12.5. The molecule has 0 spiro atoms. The molecule has 3 aromatic rings. The molecule has 0 aliphatic heterocycles. The lowest BCUT2D eigenvalue weighted by Gasteiger charge is -2.07. The summed E-state index contributed by atoms with van der Waals surface area (Å²) in [5.41, 5.74) is 0.626. The maximum atomic E-state index is 14.4. The van der Waals surface area contributed by atoms with Crippen LogP contribution >= 0.6 is 0 Å². The van der Waals surface area contributed by atoms with Gasteiger partial charge in [0.15, 0.2) is 6.17 Å². The Morgan fingerprint density at radius 1 is 1.21 bits per heavy atom. The predicted molar refractivity (Wildman–Crippen MR) is 69.6 cm³/mol. The summed E-state index contributed by atoms with van der Waals surface area (Å²) in [6, 6.07) is 9.93. The van der Waals surface area contributed by atoms with Crippen LogP contribution in [0.1, 0.15) is 17.4 Å². The van der Waals surface area contributed by atoms with Crippen LogP contribution in [0, 0.1) is 0 Å². The lowest BCUT2D eigenvalue weighted by atomic mass is 10.0. The molecule has 0 amide bonds. The lowest BCUT2D eigenvalue weighted by molar-refractivity contribution is 0.388. The van der Waals surface area contributed by atoms with Crippen LogP contribution in [-0.4, -0.2) is 15.2 Å². The minimum Gasteiger partial charge on any atom is -0.288 e. The highest BCUT2D eigenvalue weighted by molar-refractivity contribution is 5.79. The van der Waals surface area contributed by atoms with Crippen LogP contribution in [0.5, 0.6) is 0 Å². The topological polar surface area (TPSA) is 58.6 Å². The van der Waals surface area contributed by atoms with Gasteiger partial charge in [-0.1, -0.05) is 12.1 Å². The van der Waals surface area contributed by atoms with Crippen LogP contribution in [0.4, 0.5) is 4.39 Å². The molecule has 0 aliphatic carbocycles. The van der Waals surface area contributed by atoms with Crippen molar-refractivity contribution >= 4 is 10.9 Å². The van der Waals surface area contributed by atoms with Crippen molar-refractivity contribution in [3.05, 3.63) is 70.3 Å². The fraction of sp³-hybridized carbons (Fsp3) is 0.0714. The van der Waals surface area contributed by atoms with E-state index >= 15 is 0 Å². The number of alkyl halides is 1. The molecule has 3 rings (SSSR count). The first kappa shape index (κ1) is 11.5. The van der Waals surface area contributed by atoms with Crippen molar-refractivity contribution in [3.63, 3.8) is 0 Å². The van der Waals surface area contributed by atoms with Crippen LogP contribution in [0.15, 0.2) is 53.6 Å². The van der Waals surface area contributed by atoms with E-state index < -0.39 is 11.6 Å². The third-order valence-corrected chi connectivity index (χ3v) is 2.91. The van der Waals surface area contributed by atoms with E-state index in [0.717, 1.165) is 10.9 Å². The Morgan fingerprint density at radius 3 is 2.95 bits per heavy atom. The monoisotopic (exact) mass is 255 g/mol. The highest BCUT2D eigenvalue weighted by atomic mass is 19.1. The second-order valence-corrected chi connectivity index (χ2v) is 4.14. The number of nitrogens with zero attached hydrogens (tertiary/aromatic N) is 2. The first-order valence-corrected chi connectivity index (χ1v) is 5.78. The van der Waals surface area contributed by atoms with Gasteiger partial charge in [-0.05, 0) is 23.8 Å². The van der Waals surface area contributed by atoms with Crippen molar-refractivity contribution in [2.45, 2.75) is 6.17 Å². The number of hydrogen-bond acceptors (Lipinski definition) is 3. The number of nitrogens with one attached hydrogen (secondary N) is 1. The quantitative estimate of drug-likeness (QED) is 0.764. The van der Waals surface area contributed by atoms with Crippen LogP contribution in [0.2, 0.25) is 0 Å². The molecule has 0 saturated heterocycles. The van der Waals surface area contributed by atoms with Gasteiger partial charge in [0.05, 0.1) is 5.52 Å². The van der Waals surface area contributed by atoms with Crippen molar-refractivity contribution in [2.75, 3.05) is 0 Å². The number of halogens is 1. The second-order valence-electron chi connectivity index (χ2n) is 4.14. The van der Waals surface area contributed by atoms with Crippen LogP contribution in [0.25, 0.3) is 10.9 Å². The summed E-state index contributed by atoms with van der Waals surface area (Å²) in [5, 5.41) is 7.02. The highest BCUT2D eigenvalue weighted by Gasteiger charge is 2.17. The van der Waals surface area contributed by atoms with Gasteiger partial charge in [0, 0.05) is 23.8 Å². The summed E-state index contributed by atoms with van der Waals surface area (Å²) in [5.74, 6) is 0. The Bertz CT molecular complexity index is 784. The average Bonchev–Trinajstić information content (AvgIpc) is 2.46. The molecular formula is C14H10FN3O. The molecule has 0 radical (unpaired) electrons. The third-order valence-electron chi connectivity index (χ3n) is 2.91. The van der Waals surface area contributed by atoms with Gasteiger partial charge in [-0.2, -0.15) is 5.10 Å². The zero-order valence-corrected chi connectivity index (χ0v) is 9.88. The van der Waals surface area contributed by atoms with E-state index in [1.54, 1.807) is 30.5 Å². The Morgan fingerprint density at radius 2 is 2.11 bits per heavy atom. The summed E-state index contributed by atoms with van der Waals surface area (Å²) in [4.78, 5) is 15.7. The number of pyridine rings is 1. The van der Waals surface area contributed by atoms with E-state index in [-0.39, 0.29) is 5.69 Å². The molecule has 0 aliphatic rings. The second kappa shape index (κ2) is 4.61. The maximum Gasteiger partial charge on any atom is 0.206 e. The van der Waals surface area contributed by atoms with Gasteiger partial charge < -0.3 is 0 Å². The van der Waals surface area contributed by atoms with E-state index in [9.17, 15) is 9.18 Å². The van der Waals surface area contributed by atoms with Crippen LogP contribution in [-0.2, 0) is 0 Å². The Kier molecular flexibility index (Phi) is 2.79. The van der Waals surface area contributed by atoms with Gasteiger partial charge in [-0.3, -0.25) is 14.9 Å². The summed E-state index contributed by atoms with van der Waals surface area (Å²) in [6.07, 6.45) is 1.51. The first-order chi connectivity index (χ1) is 9.25. The van der Waals surface area contributed by atoms with Crippen LogP contribution < -0.4 is 5.43 Å². The zero-order chi connectivity index (χ0) is 13.2. The third kappa shape index (κ3) is 2.10. The fourth-order valence-corrected chi connectivity index (χ4v) is 1.95. The molecule has 19 heavy (non-hydrogen) atoms. The number of aromatic amines is 1. The molecule has 2 aromatic heterocycles. The minimum atomic E-state index is -1.55. The molecule has 4 nitrogen and oxygen atoms in total. The van der Waals surface area contributed by atoms with Gasteiger partial charge in [-0.25, -0.2) is 4.39 Å². The van der Waals surface area contributed by atoms with E-state index in [0.29, 0.717) is 5.56 Å². The zero-order valence-electron chi connectivity index (χ0n) is 9.88. The minimum absolute atomic E-state index is 0.134. The highest BCUT2D eigenvalue weighted by Crippen LogP contribution is 2.24. The van der Waals surface area contributed by atoms with E-state index in [1.165, 1.54) is 12.3 Å². The Labute approximate surface area is 107 Å². The van der Waals surface area contributed by atoms with E-state index in [1.807, 2.05) is 6.07 Å². The largest absolute Gasteiger partial charge is 0.288 e. The maximum absolute atomic E-state index is 14.4. The van der Waals surface area contributed by atoms with Gasteiger partial charge in [0.2, 0.25) is 5.43 Å². The van der Waals surface area contributed by atoms with E-state index in [4.69, 9.17) is 0 Å². The number of fused-ring (bicyclic) bond motifs is 1. The van der Waals surface area contributed by atoms with Gasteiger partial charge in [0.25, 0.3) is 0 Å². The molecule has 5 heteroatoms.